The molecule has 1 aromatic rings. The summed E-state index contributed by atoms with van der Waals surface area (Å²) in [5.41, 5.74) is 1.46. The number of piperidine rings is 1. The van der Waals surface area contributed by atoms with Crippen molar-refractivity contribution in [3.8, 4) is 0 Å². The first-order chi connectivity index (χ1) is 13.1. The first-order valence-electron chi connectivity index (χ1n) is 11.0. The summed E-state index contributed by atoms with van der Waals surface area (Å²) in [6.45, 7) is 14.5. The van der Waals surface area contributed by atoms with Gasteiger partial charge in [-0.3, -0.25) is 4.90 Å². The average molecular weight is 373 g/mol. The number of rotatable bonds is 8. The van der Waals surface area contributed by atoms with Crippen LogP contribution in [0.2, 0.25) is 0 Å². The maximum absolute atomic E-state index is 3.92. The lowest BCUT2D eigenvalue weighted by molar-refractivity contribution is 0.0834. The minimum absolute atomic E-state index is 0.676. The van der Waals surface area contributed by atoms with Gasteiger partial charge in [0.2, 0.25) is 0 Å². The zero-order valence-electron chi connectivity index (χ0n) is 17.7. The van der Waals surface area contributed by atoms with Gasteiger partial charge in [-0.25, -0.2) is 0 Å². The van der Waals surface area contributed by atoms with E-state index in [0.29, 0.717) is 18.0 Å². The number of nitrogens with zero attached hydrogens (tertiary/aromatic N) is 3. The van der Waals surface area contributed by atoms with Crippen molar-refractivity contribution in [3.05, 3.63) is 35.9 Å². The number of likely N-dealkylation sites (tertiary alicyclic amines) is 1. The first kappa shape index (κ1) is 20.8. The molecule has 2 aliphatic heterocycles. The lowest BCUT2D eigenvalue weighted by Crippen LogP contribution is -2.55. The molecule has 0 spiro atoms. The van der Waals surface area contributed by atoms with E-state index in [-0.39, 0.29) is 0 Å². The molecule has 4 heteroatoms. The predicted octanol–water partition coefficient (Wildman–Crippen LogP) is 2.56. The Bertz CT molecular complexity index is 516. The van der Waals surface area contributed by atoms with Gasteiger partial charge >= 0.3 is 0 Å². The lowest BCUT2D eigenvalue weighted by atomic mass is 9.99. The smallest absolute Gasteiger partial charge is 0.0244 e. The van der Waals surface area contributed by atoms with Crippen molar-refractivity contribution in [2.75, 3.05) is 59.4 Å². The highest BCUT2D eigenvalue weighted by Crippen LogP contribution is 2.16. The van der Waals surface area contributed by atoms with Crippen molar-refractivity contribution in [3.63, 3.8) is 0 Å². The predicted molar refractivity (Wildman–Crippen MR) is 115 cm³/mol. The molecule has 0 bridgehead atoms. The first-order valence-corrected chi connectivity index (χ1v) is 11.0. The Balaban J connectivity index is 1.36. The van der Waals surface area contributed by atoms with Gasteiger partial charge in [0, 0.05) is 51.4 Å². The Morgan fingerprint density at radius 2 is 1.63 bits per heavy atom. The highest BCUT2D eigenvalue weighted by Gasteiger charge is 2.26. The Hall–Kier alpha value is -0.940. The minimum atomic E-state index is 0.676. The molecular formula is C23H40N4. The zero-order valence-corrected chi connectivity index (χ0v) is 17.7. The maximum Gasteiger partial charge on any atom is 0.0244 e. The molecule has 0 amide bonds. The second-order valence-electron chi connectivity index (χ2n) is 8.91. The maximum atomic E-state index is 3.92. The van der Waals surface area contributed by atoms with Crippen LogP contribution in [0.3, 0.4) is 0 Å². The van der Waals surface area contributed by atoms with Crippen LogP contribution >= 0.6 is 0 Å². The van der Waals surface area contributed by atoms with Gasteiger partial charge in [0.15, 0.2) is 0 Å². The largest absolute Gasteiger partial charge is 0.312 e. The molecule has 1 aromatic carbocycles. The third-order valence-electron chi connectivity index (χ3n) is 6.54. The van der Waals surface area contributed by atoms with Crippen LogP contribution in [0.15, 0.2) is 30.3 Å². The van der Waals surface area contributed by atoms with Gasteiger partial charge in [0.05, 0.1) is 0 Å². The van der Waals surface area contributed by atoms with Crippen LogP contribution in [0.5, 0.6) is 0 Å². The van der Waals surface area contributed by atoms with E-state index in [4.69, 9.17) is 0 Å². The van der Waals surface area contributed by atoms with Crippen LogP contribution in [0, 0.1) is 5.92 Å². The molecule has 2 saturated heterocycles. The summed E-state index contributed by atoms with van der Waals surface area (Å²) >= 11 is 0. The van der Waals surface area contributed by atoms with Crippen molar-refractivity contribution < 1.29 is 0 Å². The average Bonchev–Trinajstić information content (AvgIpc) is 2.69. The van der Waals surface area contributed by atoms with Gasteiger partial charge < -0.3 is 15.1 Å². The Kier molecular flexibility index (Phi) is 8.13. The molecule has 1 unspecified atom stereocenters. The number of hydrogen-bond donors (Lipinski definition) is 1. The van der Waals surface area contributed by atoms with E-state index in [9.17, 15) is 0 Å². The third-order valence-corrected chi connectivity index (χ3v) is 6.54. The van der Waals surface area contributed by atoms with E-state index in [1.54, 1.807) is 0 Å². The summed E-state index contributed by atoms with van der Waals surface area (Å²) in [5.74, 6) is 0.715. The van der Waals surface area contributed by atoms with Crippen LogP contribution in [-0.2, 0) is 6.42 Å². The summed E-state index contributed by atoms with van der Waals surface area (Å²) in [7, 11) is 2.24. The van der Waals surface area contributed by atoms with E-state index < -0.39 is 0 Å². The molecule has 4 nitrogen and oxygen atoms in total. The molecule has 2 heterocycles. The summed E-state index contributed by atoms with van der Waals surface area (Å²) in [6.07, 6.45) is 3.77. The summed E-state index contributed by atoms with van der Waals surface area (Å²) in [6, 6.07) is 12.3. The molecule has 152 valence electrons. The Morgan fingerprint density at radius 1 is 0.963 bits per heavy atom. The van der Waals surface area contributed by atoms with E-state index >= 15 is 0 Å². The molecular weight excluding hydrogens is 332 g/mol. The molecule has 0 saturated carbocycles. The van der Waals surface area contributed by atoms with Gasteiger partial charge in [-0.1, -0.05) is 44.2 Å². The summed E-state index contributed by atoms with van der Waals surface area (Å²) in [4.78, 5) is 7.81. The van der Waals surface area contributed by atoms with Crippen molar-refractivity contribution in [2.24, 2.45) is 5.92 Å². The number of hydrogen-bond acceptors (Lipinski definition) is 4. The normalized spacial score (nSPS) is 22.4. The fraction of sp³-hybridized carbons (Fsp3) is 0.739. The minimum Gasteiger partial charge on any atom is -0.312 e. The second-order valence-corrected chi connectivity index (χ2v) is 8.91. The third kappa shape index (κ3) is 6.56. The SMILES string of the molecule is CC(C)C(CNC1CCN(CCc2ccccc2)CC1)N1CCN(C)CC1. The quantitative estimate of drug-likeness (QED) is 0.757. The van der Waals surface area contributed by atoms with Crippen molar-refractivity contribution in [2.45, 2.75) is 45.2 Å². The number of benzene rings is 1. The van der Waals surface area contributed by atoms with Gasteiger partial charge in [0.25, 0.3) is 0 Å². The van der Waals surface area contributed by atoms with Crippen LogP contribution in [0.1, 0.15) is 32.3 Å². The fourth-order valence-electron chi connectivity index (χ4n) is 4.52. The van der Waals surface area contributed by atoms with Crippen LogP contribution < -0.4 is 5.32 Å². The van der Waals surface area contributed by atoms with Crippen LogP contribution in [0.4, 0.5) is 0 Å². The molecule has 1 atom stereocenters. The lowest BCUT2D eigenvalue weighted by Gasteiger charge is -2.41. The standard InChI is InChI=1S/C23H40N4/c1-20(2)23(27-17-15-25(3)16-18-27)19-24-22-10-13-26(14-11-22)12-9-21-7-5-4-6-8-21/h4-8,20,22-24H,9-19H2,1-3H3. The molecule has 0 aliphatic carbocycles. The number of likely N-dealkylation sites (N-methyl/N-ethyl adjacent to an activating group) is 1. The van der Waals surface area contributed by atoms with Gasteiger partial charge in [-0.15, -0.1) is 0 Å². The monoisotopic (exact) mass is 372 g/mol. The molecule has 2 fully saturated rings. The Labute approximate surface area is 166 Å². The van der Waals surface area contributed by atoms with Crippen molar-refractivity contribution >= 4 is 0 Å². The zero-order chi connectivity index (χ0) is 19.1. The second kappa shape index (κ2) is 10.6. The molecule has 0 radical (unpaired) electrons. The van der Waals surface area contributed by atoms with E-state index in [1.165, 1.54) is 70.6 Å². The Morgan fingerprint density at radius 3 is 2.26 bits per heavy atom. The van der Waals surface area contributed by atoms with Crippen molar-refractivity contribution in [1.29, 1.82) is 0 Å². The molecule has 0 aromatic heterocycles. The molecule has 2 aliphatic rings. The summed E-state index contributed by atoms with van der Waals surface area (Å²) < 4.78 is 0. The molecule has 1 N–H and O–H groups in total. The highest BCUT2D eigenvalue weighted by atomic mass is 15.3. The fourth-order valence-corrected chi connectivity index (χ4v) is 4.52. The summed E-state index contributed by atoms with van der Waals surface area (Å²) in [5, 5.41) is 3.92. The van der Waals surface area contributed by atoms with Gasteiger partial charge in [-0.2, -0.15) is 0 Å². The van der Waals surface area contributed by atoms with E-state index in [1.807, 2.05) is 0 Å². The van der Waals surface area contributed by atoms with E-state index in [0.717, 1.165) is 6.54 Å². The highest BCUT2D eigenvalue weighted by molar-refractivity contribution is 5.14. The number of piperazine rings is 1. The number of nitrogens with one attached hydrogen (secondary N) is 1. The molecule has 3 rings (SSSR count). The van der Waals surface area contributed by atoms with E-state index in [2.05, 4.69) is 71.2 Å². The van der Waals surface area contributed by atoms with Gasteiger partial charge in [0.1, 0.15) is 0 Å². The molecule has 27 heavy (non-hydrogen) atoms. The van der Waals surface area contributed by atoms with Crippen molar-refractivity contribution in [1.82, 2.24) is 20.0 Å². The topological polar surface area (TPSA) is 21.8 Å². The van der Waals surface area contributed by atoms with Gasteiger partial charge in [-0.05, 0) is 50.9 Å². The van der Waals surface area contributed by atoms with Crippen LogP contribution in [0.25, 0.3) is 0 Å². The van der Waals surface area contributed by atoms with Crippen LogP contribution in [-0.4, -0.2) is 86.2 Å².